The third kappa shape index (κ3) is 4.01. The third-order valence-electron chi connectivity index (χ3n) is 7.15. The second kappa shape index (κ2) is 9.90. The number of allylic oxidation sites excluding steroid dienone is 1. The number of carbonyl (C=O) groups excluding carboxylic acids is 2. The van der Waals surface area contributed by atoms with Crippen LogP contribution in [-0.2, 0) is 24.5 Å². The zero-order chi connectivity index (χ0) is 26.2. The standard InChI is InChI=1S/C29H32N2O4S/c1-16-13-17(2)23(18(3)14-16)22-15-36-26(31-22)25-24(27(32)34-6)19(4)30-20(5)29(25,28(33)35-7)21-11-9-8-10-12-21/h8-15,20,25,30H,1-7H3. The number of nitrogens with one attached hydrogen (secondary N) is 1. The van der Waals surface area contributed by atoms with E-state index in [0.29, 0.717) is 16.3 Å². The van der Waals surface area contributed by atoms with Crippen LogP contribution in [0.3, 0.4) is 0 Å². The van der Waals surface area contributed by atoms with Crippen LogP contribution in [0, 0.1) is 20.8 Å². The number of thiazole rings is 1. The Hall–Kier alpha value is -3.45. The molecule has 1 N–H and O–H groups in total. The molecule has 0 saturated carbocycles. The van der Waals surface area contributed by atoms with E-state index in [1.54, 1.807) is 0 Å². The van der Waals surface area contributed by atoms with Gasteiger partial charge < -0.3 is 14.8 Å². The van der Waals surface area contributed by atoms with Gasteiger partial charge in [0.15, 0.2) is 0 Å². The quantitative estimate of drug-likeness (QED) is 0.471. The Labute approximate surface area is 216 Å². The third-order valence-corrected chi connectivity index (χ3v) is 8.06. The topological polar surface area (TPSA) is 77.5 Å². The van der Waals surface area contributed by atoms with Gasteiger partial charge in [-0.3, -0.25) is 4.79 Å². The first-order valence-electron chi connectivity index (χ1n) is 11.9. The minimum absolute atomic E-state index is 0.378. The molecule has 0 aliphatic carbocycles. The summed E-state index contributed by atoms with van der Waals surface area (Å²) >= 11 is 1.44. The highest BCUT2D eigenvalue weighted by Crippen LogP contribution is 2.51. The lowest BCUT2D eigenvalue weighted by Gasteiger charge is -2.47. The molecule has 36 heavy (non-hydrogen) atoms. The van der Waals surface area contributed by atoms with Gasteiger partial charge in [-0.25, -0.2) is 9.78 Å². The molecular formula is C29H32N2O4S. The van der Waals surface area contributed by atoms with E-state index in [4.69, 9.17) is 14.5 Å². The van der Waals surface area contributed by atoms with Crippen LogP contribution >= 0.6 is 11.3 Å². The molecule has 1 aliphatic rings. The first-order chi connectivity index (χ1) is 17.2. The van der Waals surface area contributed by atoms with Crippen molar-refractivity contribution in [2.24, 2.45) is 0 Å². The van der Waals surface area contributed by atoms with E-state index in [0.717, 1.165) is 27.9 Å². The van der Waals surface area contributed by atoms with Gasteiger partial charge in [0.1, 0.15) is 10.4 Å². The summed E-state index contributed by atoms with van der Waals surface area (Å²) in [6.45, 7) is 10.0. The van der Waals surface area contributed by atoms with Crippen molar-refractivity contribution >= 4 is 23.3 Å². The fourth-order valence-corrected chi connectivity index (χ4v) is 6.73. The zero-order valence-corrected chi connectivity index (χ0v) is 22.6. The predicted octanol–water partition coefficient (Wildman–Crippen LogP) is 5.37. The number of aryl methyl sites for hydroxylation is 3. The van der Waals surface area contributed by atoms with Crippen LogP contribution in [0.2, 0.25) is 0 Å². The Balaban J connectivity index is 2.03. The predicted molar refractivity (Wildman–Crippen MR) is 142 cm³/mol. The Morgan fingerprint density at radius 1 is 1.00 bits per heavy atom. The molecule has 0 bridgehead atoms. The summed E-state index contributed by atoms with van der Waals surface area (Å²) in [5, 5.41) is 6.03. The molecule has 7 heteroatoms. The second-order valence-electron chi connectivity index (χ2n) is 9.40. The molecule has 1 aliphatic heterocycles. The molecule has 4 rings (SSSR count). The molecule has 2 aromatic carbocycles. The minimum Gasteiger partial charge on any atom is -0.468 e. The minimum atomic E-state index is -1.24. The summed E-state index contributed by atoms with van der Waals surface area (Å²) in [4.78, 5) is 32.1. The number of ether oxygens (including phenoxy) is 2. The monoisotopic (exact) mass is 504 g/mol. The highest BCUT2D eigenvalue weighted by atomic mass is 32.1. The van der Waals surface area contributed by atoms with Gasteiger partial charge in [-0.1, -0.05) is 48.0 Å². The molecule has 3 unspecified atom stereocenters. The van der Waals surface area contributed by atoms with Crippen LogP contribution in [0.15, 0.2) is 59.1 Å². The lowest BCUT2D eigenvalue weighted by Crippen LogP contribution is -2.60. The molecule has 6 nitrogen and oxygen atoms in total. The zero-order valence-electron chi connectivity index (χ0n) is 21.8. The Morgan fingerprint density at radius 2 is 1.64 bits per heavy atom. The van der Waals surface area contributed by atoms with Crippen molar-refractivity contribution in [2.45, 2.75) is 52.0 Å². The fraction of sp³-hybridized carbons (Fsp3) is 0.345. The number of esters is 2. The van der Waals surface area contributed by atoms with E-state index < -0.39 is 23.3 Å². The van der Waals surface area contributed by atoms with Crippen molar-refractivity contribution in [1.82, 2.24) is 10.3 Å². The van der Waals surface area contributed by atoms with Gasteiger partial charge in [-0.05, 0) is 51.3 Å². The van der Waals surface area contributed by atoms with Gasteiger partial charge in [0, 0.05) is 22.7 Å². The van der Waals surface area contributed by atoms with E-state index >= 15 is 0 Å². The molecule has 0 saturated heterocycles. The van der Waals surface area contributed by atoms with E-state index in [2.05, 4.69) is 38.2 Å². The van der Waals surface area contributed by atoms with E-state index in [9.17, 15) is 9.59 Å². The first-order valence-corrected chi connectivity index (χ1v) is 12.8. The maximum atomic E-state index is 13.8. The van der Waals surface area contributed by atoms with Crippen LogP contribution in [0.4, 0.5) is 0 Å². The summed E-state index contributed by atoms with van der Waals surface area (Å²) in [5.74, 6) is -1.64. The number of rotatable bonds is 5. The fourth-order valence-electron chi connectivity index (χ4n) is 5.74. The van der Waals surface area contributed by atoms with Crippen molar-refractivity contribution < 1.29 is 19.1 Å². The highest BCUT2D eigenvalue weighted by Gasteiger charge is 2.59. The molecule has 0 amide bonds. The largest absolute Gasteiger partial charge is 0.468 e. The van der Waals surface area contributed by atoms with Crippen LogP contribution in [0.5, 0.6) is 0 Å². The number of benzene rings is 2. The average molecular weight is 505 g/mol. The van der Waals surface area contributed by atoms with Gasteiger partial charge in [-0.15, -0.1) is 11.3 Å². The molecule has 188 valence electrons. The number of hydrogen-bond acceptors (Lipinski definition) is 7. The molecule has 0 spiro atoms. The molecule has 3 aromatic rings. The SMILES string of the molecule is COC(=O)C1=C(C)NC(C)C(C(=O)OC)(c2ccccc2)C1c1nc(-c2c(C)cc(C)cc2C)cs1. The van der Waals surface area contributed by atoms with Gasteiger partial charge in [0.2, 0.25) is 0 Å². The number of aromatic nitrogens is 1. The van der Waals surface area contributed by atoms with Gasteiger partial charge in [0.05, 0.1) is 31.4 Å². The molecule has 3 atom stereocenters. The van der Waals surface area contributed by atoms with Crippen LogP contribution in [0.1, 0.15) is 47.0 Å². The number of nitrogens with zero attached hydrogens (tertiary/aromatic N) is 1. The molecule has 0 radical (unpaired) electrons. The van der Waals surface area contributed by atoms with Crippen LogP contribution in [0.25, 0.3) is 11.3 Å². The van der Waals surface area contributed by atoms with E-state index in [1.165, 1.54) is 31.1 Å². The Morgan fingerprint density at radius 3 is 2.22 bits per heavy atom. The second-order valence-corrected chi connectivity index (χ2v) is 10.3. The van der Waals surface area contributed by atoms with Crippen LogP contribution in [-0.4, -0.2) is 37.2 Å². The average Bonchev–Trinajstić information content (AvgIpc) is 3.32. The Kier molecular flexibility index (Phi) is 7.05. The molecular weight excluding hydrogens is 472 g/mol. The maximum absolute atomic E-state index is 13.8. The first kappa shape index (κ1) is 25.6. The summed E-state index contributed by atoms with van der Waals surface area (Å²) in [5.41, 5.74) is 5.88. The molecule has 2 heterocycles. The summed E-state index contributed by atoms with van der Waals surface area (Å²) in [6, 6.07) is 13.4. The maximum Gasteiger partial charge on any atom is 0.336 e. The summed E-state index contributed by atoms with van der Waals surface area (Å²) in [7, 11) is 2.73. The van der Waals surface area contributed by atoms with E-state index in [1.807, 2.05) is 49.6 Å². The number of carbonyl (C=O) groups is 2. The van der Waals surface area contributed by atoms with Crippen LogP contribution < -0.4 is 5.32 Å². The molecule has 0 fully saturated rings. The lowest BCUT2D eigenvalue weighted by atomic mass is 9.61. The summed E-state index contributed by atoms with van der Waals surface area (Å²) < 4.78 is 10.7. The molecule has 1 aromatic heterocycles. The lowest BCUT2D eigenvalue weighted by molar-refractivity contribution is -0.150. The van der Waals surface area contributed by atoms with Crippen molar-refractivity contribution in [1.29, 1.82) is 0 Å². The summed E-state index contributed by atoms with van der Waals surface area (Å²) in [6.07, 6.45) is 0. The van der Waals surface area contributed by atoms with Crippen molar-refractivity contribution in [3.8, 4) is 11.3 Å². The van der Waals surface area contributed by atoms with Crippen molar-refractivity contribution in [2.75, 3.05) is 14.2 Å². The van der Waals surface area contributed by atoms with Crippen molar-refractivity contribution in [3.05, 3.63) is 86.4 Å². The normalized spacial score (nSPS) is 21.6. The van der Waals surface area contributed by atoms with E-state index in [-0.39, 0.29) is 6.04 Å². The smallest absolute Gasteiger partial charge is 0.336 e. The van der Waals surface area contributed by atoms with Crippen molar-refractivity contribution in [3.63, 3.8) is 0 Å². The van der Waals surface area contributed by atoms with Gasteiger partial charge in [0.25, 0.3) is 0 Å². The number of hydrogen-bond donors (Lipinski definition) is 1. The Bertz CT molecular complexity index is 1320. The van der Waals surface area contributed by atoms with Gasteiger partial charge in [-0.2, -0.15) is 0 Å². The highest BCUT2D eigenvalue weighted by molar-refractivity contribution is 7.10. The number of methoxy groups -OCH3 is 2. The van der Waals surface area contributed by atoms with Gasteiger partial charge >= 0.3 is 11.9 Å².